The van der Waals surface area contributed by atoms with Crippen molar-refractivity contribution in [2.75, 3.05) is 0 Å². The lowest BCUT2D eigenvalue weighted by molar-refractivity contribution is 0.360. The van der Waals surface area contributed by atoms with E-state index in [1.165, 1.54) is 33.4 Å². The fraction of sp³-hybridized carbons (Fsp3) is 0.152. The Bertz CT molecular complexity index is 3270. The van der Waals surface area contributed by atoms with Crippen LogP contribution >= 0.6 is 0 Å². The smallest absolute Gasteiger partial charge is 0.178 e. The van der Waals surface area contributed by atoms with Crippen molar-refractivity contribution in [3.05, 3.63) is 251 Å². The fourth-order valence-corrected chi connectivity index (χ4v) is 10.2. The summed E-state index contributed by atoms with van der Waals surface area (Å²) >= 11 is 0. The maximum absolute atomic E-state index is 6.84. The van der Waals surface area contributed by atoms with Crippen molar-refractivity contribution >= 4 is 11.7 Å². The highest BCUT2D eigenvalue weighted by Crippen LogP contribution is 2.66. The summed E-state index contributed by atoms with van der Waals surface area (Å²) in [7, 11) is 0. The number of hydrogen-bond acceptors (Lipinski definition) is 5. The van der Waals surface area contributed by atoms with E-state index in [2.05, 4.69) is 157 Å². The van der Waals surface area contributed by atoms with Crippen LogP contribution in [0.4, 0.5) is 0 Å². The standard InChI is InChI=1S/C58H37N3O2.4C2H6/c1-4-16-36(17-5-1)40-32-41(34-42(33-40)57-60-55(37-18-6-2-7-19-37)59-56(61-57)38-20-8-3-9-21-38)39-28-29-45-49(35-39)58(46-24-12-10-22-43(46)44-23-11-13-25-47(44)58)48-30-31-52-54(53(45)48)63-51-27-15-14-26-50(51)62-52;4*1-2/h1-35,57H,(H,59,60,61);4*1-2H3. The Balaban J connectivity index is 0.000000745. The molecule has 5 nitrogen and oxygen atoms in total. The van der Waals surface area contributed by atoms with Crippen molar-refractivity contribution < 1.29 is 9.47 Å². The van der Waals surface area contributed by atoms with Crippen LogP contribution in [-0.2, 0) is 5.41 Å². The highest BCUT2D eigenvalue weighted by Gasteiger charge is 2.53. The van der Waals surface area contributed by atoms with Gasteiger partial charge in [0.15, 0.2) is 29.2 Å². The number of aliphatic imine (C=N–C) groups is 2. The lowest BCUT2D eigenvalue weighted by Gasteiger charge is -2.31. The Labute approximate surface area is 420 Å². The first-order valence-corrected chi connectivity index (χ1v) is 25.4. The van der Waals surface area contributed by atoms with E-state index in [9.17, 15) is 0 Å². The Morgan fingerprint density at radius 2 is 0.831 bits per heavy atom. The lowest BCUT2D eigenvalue weighted by Crippen LogP contribution is -2.36. The number of amidine groups is 2. The molecule has 13 rings (SSSR count). The summed E-state index contributed by atoms with van der Waals surface area (Å²) in [4.78, 5) is 10.6. The second kappa shape index (κ2) is 21.2. The first-order chi connectivity index (χ1) is 35.2. The molecular weight excluding hydrogens is 867 g/mol. The van der Waals surface area contributed by atoms with Gasteiger partial charge in [0.1, 0.15) is 11.7 Å². The van der Waals surface area contributed by atoms with Crippen LogP contribution in [0.2, 0.25) is 0 Å². The normalized spacial score (nSPS) is 13.4. The monoisotopic (exact) mass is 927 g/mol. The number of benzene rings is 9. The zero-order valence-electron chi connectivity index (χ0n) is 42.0. The summed E-state index contributed by atoms with van der Waals surface area (Å²) < 4.78 is 13.4. The van der Waals surface area contributed by atoms with Gasteiger partial charge < -0.3 is 14.8 Å². The van der Waals surface area contributed by atoms with Gasteiger partial charge in [-0.25, -0.2) is 9.98 Å². The largest absolute Gasteiger partial charge is 0.449 e. The van der Waals surface area contributed by atoms with Crippen LogP contribution < -0.4 is 14.8 Å². The molecule has 2 heterocycles. The number of hydrogen-bond donors (Lipinski definition) is 1. The van der Waals surface area contributed by atoms with Gasteiger partial charge in [0.05, 0.1) is 5.41 Å². The van der Waals surface area contributed by atoms with Crippen LogP contribution in [0.15, 0.2) is 222 Å². The van der Waals surface area contributed by atoms with Gasteiger partial charge in [0.25, 0.3) is 0 Å². The topological polar surface area (TPSA) is 55.2 Å². The maximum atomic E-state index is 6.84. The van der Waals surface area contributed by atoms with Gasteiger partial charge in [-0.2, -0.15) is 0 Å². The third-order valence-corrected chi connectivity index (χ3v) is 13.0. The average molecular weight is 928 g/mol. The second-order valence-electron chi connectivity index (χ2n) is 16.5. The first-order valence-electron chi connectivity index (χ1n) is 25.4. The van der Waals surface area contributed by atoms with Crippen molar-refractivity contribution in [3.63, 3.8) is 0 Å². The summed E-state index contributed by atoms with van der Waals surface area (Å²) in [5, 5.41) is 3.57. The van der Waals surface area contributed by atoms with Crippen molar-refractivity contribution in [1.29, 1.82) is 0 Å². The quantitative estimate of drug-likeness (QED) is 0.187. The van der Waals surface area contributed by atoms with E-state index >= 15 is 0 Å². The maximum Gasteiger partial charge on any atom is 0.178 e. The van der Waals surface area contributed by atoms with E-state index in [-0.39, 0.29) is 0 Å². The molecule has 0 bridgehead atoms. The van der Waals surface area contributed by atoms with Gasteiger partial charge in [-0.3, -0.25) is 0 Å². The number of rotatable bonds is 5. The summed E-state index contributed by atoms with van der Waals surface area (Å²) in [5.74, 6) is 4.46. The molecule has 0 radical (unpaired) electrons. The van der Waals surface area contributed by atoms with Gasteiger partial charge in [-0.1, -0.05) is 225 Å². The summed E-state index contributed by atoms with van der Waals surface area (Å²) in [6.07, 6.45) is -0.496. The van der Waals surface area contributed by atoms with Crippen molar-refractivity contribution in [3.8, 4) is 67.5 Å². The van der Waals surface area contributed by atoms with Crippen LogP contribution in [0, 0.1) is 0 Å². The van der Waals surface area contributed by atoms with E-state index in [1.54, 1.807) is 0 Å². The Morgan fingerprint density at radius 1 is 0.352 bits per heavy atom. The Kier molecular flexibility index (Phi) is 14.2. The van der Waals surface area contributed by atoms with E-state index in [0.29, 0.717) is 17.2 Å². The van der Waals surface area contributed by atoms with Crippen LogP contribution in [0.25, 0.3) is 44.5 Å². The molecule has 0 atom stereocenters. The molecule has 2 aliphatic carbocycles. The van der Waals surface area contributed by atoms with Crippen molar-refractivity contribution in [2.45, 2.75) is 67.0 Å². The SMILES string of the molecule is CC.CC.CC.CC.c1ccc(C2=NC(c3cc(-c4ccccc4)cc(-c4ccc5c(c4)C4(c6ccccc6-c6ccccc64)c4ccc6c(c4-5)Oc4ccccc4O6)c3)N=C(c3ccccc3)N2)cc1. The number of nitrogens with one attached hydrogen (secondary N) is 1. The molecule has 9 aromatic rings. The van der Waals surface area contributed by atoms with E-state index in [4.69, 9.17) is 19.5 Å². The number of nitrogens with zero attached hydrogens (tertiary/aromatic N) is 2. The van der Waals surface area contributed by atoms with Gasteiger partial charge in [0, 0.05) is 16.7 Å². The number of para-hydroxylation sites is 2. The predicted octanol–water partition coefficient (Wildman–Crippen LogP) is 17.9. The fourth-order valence-electron chi connectivity index (χ4n) is 10.2. The third kappa shape index (κ3) is 8.31. The average Bonchev–Trinajstić information content (AvgIpc) is 3.94. The number of fused-ring (bicyclic) bond motifs is 13. The lowest BCUT2D eigenvalue weighted by atomic mass is 9.70. The molecule has 1 N–H and O–H groups in total. The minimum Gasteiger partial charge on any atom is -0.449 e. The highest BCUT2D eigenvalue weighted by molar-refractivity contribution is 6.16. The van der Waals surface area contributed by atoms with Crippen LogP contribution in [0.1, 0.15) is 100 Å². The molecule has 0 aromatic heterocycles. The van der Waals surface area contributed by atoms with Gasteiger partial charge >= 0.3 is 0 Å². The molecule has 5 heteroatoms. The highest BCUT2D eigenvalue weighted by atomic mass is 16.6. The Hall–Kier alpha value is -8.28. The molecular formula is C66H61N3O2. The molecule has 0 fully saturated rings. The van der Waals surface area contributed by atoms with E-state index in [1.807, 2.05) is 116 Å². The minimum atomic E-state index is -0.595. The van der Waals surface area contributed by atoms with Gasteiger partial charge in [0.2, 0.25) is 0 Å². The molecule has 2 aliphatic heterocycles. The molecule has 0 saturated carbocycles. The zero-order chi connectivity index (χ0) is 49.5. The molecule has 4 aliphatic rings. The van der Waals surface area contributed by atoms with Crippen LogP contribution in [0.5, 0.6) is 23.0 Å². The van der Waals surface area contributed by atoms with E-state index in [0.717, 1.165) is 67.5 Å². The Morgan fingerprint density at radius 3 is 1.39 bits per heavy atom. The van der Waals surface area contributed by atoms with Gasteiger partial charge in [-0.15, -0.1) is 0 Å². The molecule has 1 spiro atoms. The summed E-state index contributed by atoms with van der Waals surface area (Å²) in [6.45, 7) is 16.0. The molecule has 0 unspecified atom stereocenters. The molecule has 0 amide bonds. The van der Waals surface area contributed by atoms with Crippen molar-refractivity contribution in [2.24, 2.45) is 9.98 Å². The van der Waals surface area contributed by atoms with Gasteiger partial charge in [-0.05, 0) is 109 Å². The predicted molar refractivity (Wildman–Crippen MR) is 297 cm³/mol. The number of ether oxygens (including phenoxy) is 2. The summed E-state index contributed by atoms with van der Waals surface area (Å²) in [6, 6.07) is 75.1. The minimum absolute atomic E-state index is 0.496. The first kappa shape index (κ1) is 47.8. The molecule has 9 aromatic carbocycles. The van der Waals surface area contributed by atoms with E-state index < -0.39 is 11.6 Å². The molecule has 0 saturated heterocycles. The van der Waals surface area contributed by atoms with Crippen molar-refractivity contribution in [1.82, 2.24) is 5.32 Å². The molecule has 71 heavy (non-hydrogen) atoms. The summed E-state index contributed by atoms with van der Waals surface area (Å²) in [5.41, 5.74) is 16.4. The second-order valence-corrected chi connectivity index (χ2v) is 16.5. The third-order valence-electron chi connectivity index (χ3n) is 13.0. The van der Waals surface area contributed by atoms with Crippen LogP contribution in [0.3, 0.4) is 0 Å². The zero-order valence-corrected chi connectivity index (χ0v) is 42.0. The molecule has 352 valence electrons. The van der Waals surface area contributed by atoms with Crippen LogP contribution in [-0.4, -0.2) is 11.7 Å².